The van der Waals surface area contributed by atoms with Gasteiger partial charge in [-0.2, -0.15) is 0 Å². The van der Waals surface area contributed by atoms with E-state index < -0.39 is 11.7 Å². The SMILES string of the molecule is C=C(C)C=CC1C(=O)C(CCCCCCCCCC)=C(C)C(=O)C1(OC)OC. The van der Waals surface area contributed by atoms with Crippen LogP contribution in [0.5, 0.6) is 0 Å². The topological polar surface area (TPSA) is 52.6 Å². The summed E-state index contributed by atoms with van der Waals surface area (Å²) in [6.07, 6.45) is 13.6. The summed E-state index contributed by atoms with van der Waals surface area (Å²) in [7, 11) is 2.82. The van der Waals surface area contributed by atoms with Crippen molar-refractivity contribution in [1.82, 2.24) is 0 Å². The van der Waals surface area contributed by atoms with Gasteiger partial charge in [0.25, 0.3) is 0 Å². The molecule has 1 atom stereocenters. The van der Waals surface area contributed by atoms with Crippen molar-refractivity contribution in [3.63, 3.8) is 0 Å². The molecule has 0 saturated heterocycles. The smallest absolute Gasteiger partial charge is 0.246 e. The molecule has 158 valence electrons. The van der Waals surface area contributed by atoms with Crippen molar-refractivity contribution in [2.75, 3.05) is 14.2 Å². The van der Waals surface area contributed by atoms with Crippen LogP contribution in [-0.4, -0.2) is 31.6 Å². The van der Waals surface area contributed by atoms with Gasteiger partial charge in [-0.3, -0.25) is 9.59 Å². The van der Waals surface area contributed by atoms with E-state index in [0.29, 0.717) is 17.6 Å². The summed E-state index contributed by atoms with van der Waals surface area (Å²) in [4.78, 5) is 26.3. The molecule has 0 N–H and O–H groups in total. The van der Waals surface area contributed by atoms with E-state index in [2.05, 4.69) is 13.5 Å². The lowest BCUT2D eigenvalue weighted by atomic mass is 9.75. The van der Waals surface area contributed by atoms with E-state index >= 15 is 0 Å². The first-order valence-electron chi connectivity index (χ1n) is 10.6. The second kappa shape index (κ2) is 12.1. The Morgan fingerprint density at radius 1 is 1.04 bits per heavy atom. The van der Waals surface area contributed by atoms with Gasteiger partial charge in [-0.05, 0) is 26.7 Å². The Morgan fingerprint density at radius 3 is 2.07 bits per heavy atom. The molecule has 0 spiro atoms. The fourth-order valence-electron chi connectivity index (χ4n) is 3.83. The average molecular weight is 391 g/mol. The number of hydrogen-bond acceptors (Lipinski definition) is 4. The average Bonchev–Trinajstić information content (AvgIpc) is 2.68. The number of ether oxygens (including phenoxy) is 2. The van der Waals surface area contributed by atoms with E-state index in [1.54, 1.807) is 19.1 Å². The first-order chi connectivity index (χ1) is 13.4. The summed E-state index contributed by atoms with van der Waals surface area (Å²) in [5.41, 5.74) is 1.89. The van der Waals surface area contributed by atoms with E-state index in [4.69, 9.17) is 9.47 Å². The second-order valence-corrected chi connectivity index (χ2v) is 7.78. The normalized spacial score (nSPS) is 19.7. The minimum atomic E-state index is -1.59. The number of unbranched alkanes of at least 4 members (excludes halogenated alkanes) is 7. The Balaban J connectivity index is 2.85. The molecule has 1 rings (SSSR count). The molecule has 4 heteroatoms. The molecule has 1 unspecified atom stereocenters. The third-order valence-electron chi connectivity index (χ3n) is 5.56. The van der Waals surface area contributed by atoms with Crippen LogP contribution in [0.15, 0.2) is 35.5 Å². The largest absolute Gasteiger partial charge is 0.346 e. The highest BCUT2D eigenvalue weighted by molar-refractivity contribution is 6.16. The molecule has 1 aliphatic carbocycles. The van der Waals surface area contributed by atoms with Crippen molar-refractivity contribution >= 4 is 11.6 Å². The van der Waals surface area contributed by atoms with Crippen molar-refractivity contribution in [3.05, 3.63) is 35.5 Å². The zero-order chi connectivity index (χ0) is 21.2. The zero-order valence-electron chi connectivity index (χ0n) is 18.4. The van der Waals surface area contributed by atoms with Crippen LogP contribution in [-0.2, 0) is 19.1 Å². The van der Waals surface area contributed by atoms with Crippen molar-refractivity contribution < 1.29 is 19.1 Å². The number of carbonyl (C=O) groups is 2. The molecule has 28 heavy (non-hydrogen) atoms. The Bertz CT molecular complexity index is 608. The fourth-order valence-corrected chi connectivity index (χ4v) is 3.83. The number of carbonyl (C=O) groups excluding carboxylic acids is 2. The molecule has 0 amide bonds. The van der Waals surface area contributed by atoms with Gasteiger partial charge in [-0.1, -0.05) is 76.2 Å². The molecule has 1 aliphatic rings. The number of rotatable bonds is 13. The van der Waals surface area contributed by atoms with Gasteiger partial charge in [-0.15, -0.1) is 0 Å². The van der Waals surface area contributed by atoms with E-state index in [1.165, 1.54) is 52.7 Å². The molecule has 0 bridgehead atoms. The van der Waals surface area contributed by atoms with Crippen molar-refractivity contribution in [1.29, 1.82) is 0 Å². The third-order valence-corrected chi connectivity index (χ3v) is 5.56. The molecule has 0 heterocycles. The van der Waals surface area contributed by atoms with E-state index in [0.717, 1.165) is 18.4 Å². The first kappa shape index (κ1) is 24.5. The summed E-state index contributed by atoms with van der Waals surface area (Å²) in [5.74, 6) is -2.72. The van der Waals surface area contributed by atoms with Gasteiger partial charge in [0.2, 0.25) is 11.6 Å². The van der Waals surface area contributed by atoms with Crippen LogP contribution in [0.25, 0.3) is 0 Å². The quantitative estimate of drug-likeness (QED) is 0.229. The van der Waals surface area contributed by atoms with Crippen LogP contribution >= 0.6 is 0 Å². The molecule has 0 aliphatic heterocycles. The fraction of sp³-hybridized carbons (Fsp3) is 0.667. The highest BCUT2D eigenvalue weighted by Crippen LogP contribution is 2.38. The van der Waals surface area contributed by atoms with Crippen LogP contribution < -0.4 is 0 Å². The summed E-state index contributed by atoms with van der Waals surface area (Å²) in [6, 6.07) is 0. The Kier molecular flexibility index (Phi) is 10.6. The molecule has 0 aromatic rings. The van der Waals surface area contributed by atoms with Crippen molar-refractivity contribution in [3.8, 4) is 0 Å². The van der Waals surface area contributed by atoms with Gasteiger partial charge in [-0.25, -0.2) is 0 Å². The third kappa shape index (κ3) is 5.99. The molecule has 0 fully saturated rings. The maximum absolute atomic E-state index is 13.2. The van der Waals surface area contributed by atoms with Gasteiger partial charge in [0, 0.05) is 25.4 Å². The lowest BCUT2D eigenvalue weighted by molar-refractivity contribution is -0.220. The molecule has 0 aromatic heterocycles. The Morgan fingerprint density at radius 2 is 1.57 bits per heavy atom. The molecule has 0 aromatic carbocycles. The van der Waals surface area contributed by atoms with Crippen molar-refractivity contribution in [2.45, 2.75) is 84.3 Å². The van der Waals surface area contributed by atoms with Gasteiger partial charge in [0.05, 0.1) is 0 Å². The summed E-state index contributed by atoms with van der Waals surface area (Å²) < 4.78 is 10.9. The molecular formula is C24H38O4. The molecular weight excluding hydrogens is 352 g/mol. The minimum Gasteiger partial charge on any atom is -0.346 e. The molecule has 4 nitrogen and oxygen atoms in total. The Labute approximate surface area is 171 Å². The molecule has 0 radical (unpaired) electrons. The monoisotopic (exact) mass is 390 g/mol. The highest BCUT2D eigenvalue weighted by atomic mass is 16.7. The first-order valence-corrected chi connectivity index (χ1v) is 10.6. The predicted molar refractivity (Wildman–Crippen MR) is 114 cm³/mol. The highest BCUT2D eigenvalue weighted by Gasteiger charge is 2.53. The number of allylic oxidation sites excluding steroid dienone is 3. The van der Waals surface area contributed by atoms with Crippen LogP contribution in [0.3, 0.4) is 0 Å². The standard InChI is InChI=1S/C24H38O4/c1-7-8-9-10-11-12-13-14-15-20-19(4)23(26)24(27-5,28-6)21(22(20)25)17-16-18(2)3/h16-17,21H,2,7-15H2,1,3-6H3. The summed E-state index contributed by atoms with van der Waals surface area (Å²) in [6.45, 7) is 9.62. The minimum absolute atomic E-state index is 0.0822. The number of ketones is 2. The van der Waals surface area contributed by atoms with Crippen LogP contribution in [0.2, 0.25) is 0 Å². The van der Waals surface area contributed by atoms with Gasteiger partial charge in [0.15, 0.2) is 5.78 Å². The number of hydrogen-bond donors (Lipinski definition) is 0. The second-order valence-electron chi connectivity index (χ2n) is 7.78. The van der Waals surface area contributed by atoms with Crippen molar-refractivity contribution in [2.24, 2.45) is 5.92 Å². The molecule has 0 saturated carbocycles. The number of Topliss-reactive ketones (excluding diaryl/α,β-unsaturated/α-hetero) is 2. The Hall–Kier alpha value is -1.52. The van der Waals surface area contributed by atoms with Crippen LogP contribution in [0.1, 0.15) is 78.6 Å². The lowest BCUT2D eigenvalue weighted by Crippen LogP contribution is -2.55. The van der Waals surface area contributed by atoms with E-state index in [9.17, 15) is 9.59 Å². The van der Waals surface area contributed by atoms with Crippen LogP contribution in [0, 0.1) is 5.92 Å². The predicted octanol–water partition coefficient (Wildman–Crippen LogP) is 5.72. The maximum Gasteiger partial charge on any atom is 0.246 e. The van der Waals surface area contributed by atoms with Gasteiger partial charge in [0.1, 0.15) is 5.92 Å². The van der Waals surface area contributed by atoms with Gasteiger partial charge < -0.3 is 9.47 Å². The maximum atomic E-state index is 13.2. The lowest BCUT2D eigenvalue weighted by Gasteiger charge is -2.39. The summed E-state index contributed by atoms with van der Waals surface area (Å²) >= 11 is 0. The zero-order valence-corrected chi connectivity index (χ0v) is 18.4. The number of methoxy groups -OCH3 is 2. The van der Waals surface area contributed by atoms with Crippen LogP contribution in [0.4, 0.5) is 0 Å². The summed E-state index contributed by atoms with van der Waals surface area (Å²) in [5, 5.41) is 0. The van der Waals surface area contributed by atoms with E-state index in [1.807, 2.05) is 6.92 Å². The van der Waals surface area contributed by atoms with Gasteiger partial charge >= 0.3 is 0 Å². The van der Waals surface area contributed by atoms with E-state index in [-0.39, 0.29) is 11.6 Å².